The van der Waals surface area contributed by atoms with Crippen LogP contribution in [0.1, 0.15) is 57.8 Å². The van der Waals surface area contributed by atoms with Crippen LogP contribution >= 0.6 is 12.4 Å². The van der Waals surface area contributed by atoms with E-state index in [0.29, 0.717) is 11.3 Å². The van der Waals surface area contributed by atoms with Crippen molar-refractivity contribution in [2.45, 2.75) is 63.8 Å². The third kappa shape index (κ3) is 3.95. The maximum Gasteiger partial charge on any atom is 0.239 e. The molecule has 5 heteroatoms. The molecular formula is C17H31ClN2O2. The largest absolute Gasteiger partial charge is 0.381 e. The standard InChI is InChI=1S/C17H30N2O2.ClH/c18-15(14-5-11-21-12-6-14)16(20)19-10-4-9-17(13-19)7-2-1-3-8-17;/h14-15H,1-13,18H2;1H. The van der Waals surface area contributed by atoms with Gasteiger partial charge in [0.25, 0.3) is 0 Å². The van der Waals surface area contributed by atoms with Gasteiger partial charge >= 0.3 is 0 Å². The first kappa shape index (κ1) is 18.0. The average Bonchev–Trinajstić information content (AvgIpc) is 2.55. The van der Waals surface area contributed by atoms with Gasteiger partial charge in [-0.3, -0.25) is 4.79 Å². The van der Waals surface area contributed by atoms with Crippen LogP contribution in [-0.2, 0) is 9.53 Å². The SMILES string of the molecule is Cl.NC(C(=O)N1CCCC2(CCCCC2)C1)C1CCOCC1. The molecule has 3 fully saturated rings. The predicted octanol–water partition coefficient (Wildman–Crippen LogP) is 2.74. The molecule has 2 heterocycles. The second-order valence-electron chi connectivity index (χ2n) is 7.40. The molecule has 3 rings (SSSR count). The van der Waals surface area contributed by atoms with Crippen LogP contribution in [0.5, 0.6) is 0 Å². The molecule has 2 N–H and O–H groups in total. The third-order valence-electron chi connectivity index (χ3n) is 5.95. The van der Waals surface area contributed by atoms with Crippen molar-refractivity contribution in [3.05, 3.63) is 0 Å². The van der Waals surface area contributed by atoms with Gasteiger partial charge in [-0.2, -0.15) is 0 Å². The van der Waals surface area contributed by atoms with Crippen LogP contribution < -0.4 is 5.73 Å². The Morgan fingerprint density at radius 1 is 1.09 bits per heavy atom. The fourth-order valence-corrected chi connectivity index (χ4v) is 4.59. The molecule has 1 unspecified atom stereocenters. The van der Waals surface area contributed by atoms with E-state index in [0.717, 1.165) is 45.6 Å². The average molecular weight is 331 g/mol. The van der Waals surface area contributed by atoms with Gasteiger partial charge in [0.05, 0.1) is 6.04 Å². The van der Waals surface area contributed by atoms with Gasteiger partial charge in [-0.25, -0.2) is 0 Å². The number of ether oxygens (including phenoxy) is 1. The van der Waals surface area contributed by atoms with Crippen molar-refractivity contribution in [1.29, 1.82) is 0 Å². The molecule has 0 bridgehead atoms. The summed E-state index contributed by atoms with van der Waals surface area (Å²) in [5.41, 5.74) is 6.71. The first-order valence-electron chi connectivity index (χ1n) is 8.82. The third-order valence-corrected chi connectivity index (χ3v) is 5.95. The molecule has 4 nitrogen and oxygen atoms in total. The number of halogens is 1. The molecule has 2 saturated heterocycles. The quantitative estimate of drug-likeness (QED) is 0.847. The monoisotopic (exact) mass is 330 g/mol. The molecule has 0 aromatic rings. The van der Waals surface area contributed by atoms with E-state index in [2.05, 4.69) is 4.90 Å². The van der Waals surface area contributed by atoms with Gasteiger partial charge in [0.15, 0.2) is 0 Å². The number of hydrogen-bond acceptors (Lipinski definition) is 3. The predicted molar refractivity (Wildman–Crippen MR) is 90.1 cm³/mol. The Labute approximate surface area is 140 Å². The lowest BCUT2D eigenvalue weighted by Crippen LogP contribution is -2.54. The fraction of sp³-hybridized carbons (Fsp3) is 0.941. The maximum absolute atomic E-state index is 12.8. The van der Waals surface area contributed by atoms with Crippen LogP contribution in [0.25, 0.3) is 0 Å². The Morgan fingerprint density at radius 3 is 2.41 bits per heavy atom. The fourth-order valence-electron chi connectivity index (χ4n) is 4.59. The Kier molecular flexibility index (Phi) is 6.54. The Morgan fingerprint density at radius 2 is 1.73 bits per heavy atom. The summed E-state index contributed by atoms with van der Waals surface area (Å²) in [6, 6.07) is -0.312. The highest BCUT2D eigenvalue weighted by molar-refractivity contribution is 5.85. The minimum Gasteiger partial charge on any atom is -0.381 e. The normalized spacial score (nSPS) is 27.2. The van der Waals surface area contributed by atoms with Crippen molar-refractivity contribution in [2.24, 2.45) is 17.1 Å². The molecule has 2 aliphatic heterocycles. The van der Waals surface area contributed by atoms with E-state index in [4.69, 9.17) is 10.5 Å². The lowest BCUT2D eigenvalue weighted by molar-refractivity contribution is -0.139. The topological polar surface area (TPSA) is 55.6 Å². The number of likely N-dealkylation sites (tertiary alicyclic amines) is 1. The summed E-state index contributed by atoms with van der Waals surface area (Å²) >= 11 is 0. The van der Waals surface area contributed by atoms with E-state index < -0.39 is 0 Å². The molecule has 22 heavy (non-hydrogen) atoms. The number of carbonyl (C=O) groups is 1. The van der Waals surface area contributed by atoms with Crippen LogP contribution in [0.2, 0.25) is 0 Å². The van der Waals surface area contributed by atoms with Crippen LogP contribution in [-0.4, -0.2) is 43.2 Å². The number of rotatable bonds is 2. The van der Waals surface area contributed by atoms with Gasteiger partial charge in [-0.1, -0.05) is 19.3 Å². The number of carbonyl (C=O) groups excluding carboxylic acids is 1. The number of nitrogens with zero attached hydrogens (tertiary/aromatic N) is 1. The molecule has 1 spiro atoms. The van der Waals surface area contributed by atoms with Gasteiger partial charge in [-0.15, -0.1) is 12.4 Å². The van der Waals surface area contributed by atoms with E-state index in [1.807, 2.05) is 0 Å². The number of nitrogens with two attached hydrogens (primary N) is 1. The van der Waals surface area contributed by atoms with Crippen molar-refractivity contribution < 1.29 is 9.53 Å². The van der Waals surface area contributed by atoms with Gasteiger partial charge < -0.3 is 15.4 Å². The van der Waals surface area contributed by atoms with Crippen LogP contribution in [0.15, 0.2) is 0 Å². The van der Waals surface area contributed by atoms with Crippen LogP contribution in [0, 0.1) is 11.3 Å². The minimum absolute atomic E-state index is 0. The van der Waals surface area contributed by atoms with Crippen LogP contribution in [0.3, 0.4) is 0 Å². The highest BCUT2D eigenvalue weighted by Crippen LogP contribution is 2.43. The summed E-state index contributed by atoms with van der Waals surface area (Å²) in [7, 11) is 0. The van der Waals surface area contributed by atoms with Gasteiger partial charge in [0.1, 0.15) is 0 Å². The molecule has 3 aliphatic rings. The first-order chi connectivity index (χ1) is 10.2. The summed E-state index contributed by atoms with van der Waals surface area (Å²) in [5.74, 6) is 0.516. The molecule has 128 valence electrons. The zero-order valence-electron chi connectivity index (χ0n) is 13.6. The van der Waals surface area contributed by atoms with Crippen molar-refractivity contribution in [1.82, 2.24) is 4.90 Å². The van der Waals surface area contributed by atoms with Crippen molar-refractivity contribution in [3.8, 4) is 0 Å². The molecule has 1 atom stereocenters. The lowest BCUT2D eigenvalue weighted by atomic mass is 9.69. The molecule has 0 aromatic heterocycles. The summed E-state index contributed by atoms with van der Waals surface area (Å²) in [6.07, 6.45) is 11.0. The molecule has 1 aliphatic carbocycles. The van der Waals surface area contributed by atoms with E-state index in [1.165, 1.54) is 38.5 Å². The highest BCUT2D eigenvalue weighted by atomic mass is 35.5. The molecule has 1 amide bonds. The Balaban J connectivity index is 0.00000176. The second kappa shape index (κ2) is 7.98. The summed E-state index contributed by atoms with van der Waals surface area (Å²) in [6.45, 7) is 3.39. The zero-order chi connectivity index (χ0) is 14.7. The van der Waals surface area contributed by atoms with Gasteiger partial charge in [0, 0.05) is 26.3 Å². The second-order valence-corrected chi connectivity index (χ2v) is 7.40. The van der Waals surface area contributed by atoms with Crippen molar-refractivity contribution in [2.75, 3.05) is 26.3 Å². The number of hydrogen-bond donors (Lipinski definition) is 1. The van der Waals surface area contributed by atoms with E-state index >= 15 is 0 Å². The Bertz CT molecular complexity index is 360. The smallest absolute Gasteiger partial charge is 0.239 e. The van der Waals surface area contributed by atoms with Crippen molar-refractivity contribution >= 4 is 18.3 Å². The lowest BCUT2D eigenvalue weighted by Gasteiger charge is -2.46. The number of amides is 1. The zero-order valence-corrected chi connectivity index (χ0v) is 14.4. The van der Waals surface area contributed by atoms with Gasteiger partial charge in [-0.05, 0) is 49.9 Å². The molecule has 0 radical (unpaired) electrons. The first-order valence-corrected chi connectivity index (χ1v) is 8.82. The molecular weight excluding hydrogens is 300 g/mol. The number of piperidine rings is 1. The molecule has 0 aromatic carbocycles. The summed E-state index contributed by atoms with van der Waals surface area (Å²) in [5, 5.41) is 0. The maximum atomic E-state index is 12.8. The summed E-state index contributed by atoms with van der Waals surface area (Å²) < 4.78 is 5.38. The highest BCUT2D eigenvalue weighted by Gasteiger charge is 2.39. The van der Waals surface area contributed by atoms with Crippen LogP contribution in [0.4, 0.5) is 0 Å². The van der Waals surface area contributed by atoms with Gasteiger partial charge in [0.2, 0.25) is 5.91 Å². The summed E-state index contributed by atoms with van der Waals surface area (Å²) in [4.78, 5) is 14.9. The minimum atomic E-state index is -0.312. The van der Waals surface area contributed by atoms with E-state index in [9.17, 15) is 4.79 Å². The van der Waals surface area contributed by atoms with E-state index in [-0.39, 0.29) is 24.4 Å². The Hall–Kier alpha value is -0.320. The molecule has 1 saturated carbocycles. The van der Waals surface area contributed by atoms with Crippen molar-refractivity contribution in [3.63, 3.8) is 0 Å². The van der Waals surface area contributed by atoms with E-state index in [1.54, 1.807) is 0 Å².